The Hall–Kier alpha value is -2.66. The molecule has 0 aliphatic carbocycles. The lowest BCUT2D eigenvalue weighted by atomic mass is 10.2. The lowest BCUT2D eigenvalue weighted by Gasteiger charge is -2.06. The summed E-state index contributed by atoms with van der Waals surface area (Å²) >= 11 is 3.20. The molecule has 0 spiro atoms. The predicted molar refractivity (Wildman–Crippen MR) is 94.6 cm³/mol. The van der Waals surface area contributed by atoms with Crippen molar-refractivity contribution in [1.29, 1.82) is 0 Å². The summed E-state index contributed by atoms with van der Waals surface area (Å²) in [7, 11) is 0. The van der Waals surface area contributed by atoms with Crippen LogP contribution in [0.4, 0.5) is 5.69 Å². The molecule has 5 heteroatoms. The number of halogens is 1. The molecule has 0 unspecified atom stereocenters. The lowest BCUT2D eigenvalue weighted by molar-refractivity contribution is -0.111. The smallest absolute Gasteiger partial charge is 0.337 e. The zero-order chi connectivity index (χ0) is 16.8. The van der Waals surface area contributed by atoms with E-state index in [4.69, 9.17) is 5.11 Å². The van der Waals surface area contributed by atoms with Gasteiger partial charge in [0, 0.05) is 10.5 Å². The van der Waals surface area contributed by atoms with Gasteiger partial charge < -0.3 is 10.4 Å². The van der Waals surface area contributed by atoms with Gasteiger partial charge in [-0.05, 0) is 28.6 Å². The molecule has 0 fully saturated rings. The van der Waals surface area contributed by atoms with Gasteiger partial charge >= 0.3 is 5.97 Å². The van der Waals surface area contributed by atoms with Gasteiger partial charge in [-0.1, -0.05) is 58.9 Å². The Labute approximate surface area is 141 Å². The highest BCUT2D eigenvalue weighted by Crippen LogP contribution is 2.21. The predicted octanol–water partition coefficient (Wildman–Crippen LogP) is 2.53. The van der Waals surface area contributed by atoms with Gasteiger partial charge in [-0.15, -0.1) is 0 Å². The van der Waals surface area contributed by atoms with E-state index in [1.807, 2.05) is 24.3 Å². The third-order valence-electron chi connectivity index (χ3n) is 3.05. The van der Waals surface area contributed by atoms with Crippen LogP contribution in [0.5, 0.6) is 0 Å². The third kappa shape index (κ3) is 4.66. The van der Waals surface area contributed by atoms with Crippen LogP contribution in [0, 0.1) is 0 Å². The van der Waals surface area contributed by atoms with Gasteiger partial charge in [-0.2, -0.15) is 0 Å². The van der Waals surface area contributed by atoms with E-state index in [-0.39, 0.29) is 11.3 Å². The highest BCUT2D eigenvalue weighted by molar-refractivity contribution is 9.10. The second-order valence-electron chi connectivity index (χ2n) is 4.71. The molecule has 0 aromatic heterocycles. The quantitative estimate of drug-likeness (QED) is 0.811. The molecule has 2 aromatic rings. The van der Waals surface area contributed by atoms with E-state index < -0.39 is 11.9 Å². The van der Waals surface area contributed by atoms with Gasteiger partial charge in [0.2, 0.25) is 5.91 Å². The summed E-state index contributed by atoms with van der Waals surface area (Å²) < 4.78 is 0.629. The summed E-state index contributed by atoms with van der Waals surface area (Å²) in [6.45, 7) is 3.89. The molecule has 2 N–H and O–H groups in total. The molecule has 0 radical (unpaired) electrons. The van der Waals surface area contributed by atoms with Gasteiger partial charge in [0.25, 0.3) is 0 Å². The van der Waals surface area contributed by atoms with E-state index in [9.17, 15) is 9.59 Å². The molecule has 4 nitrogen and oxygen atoms in total. The molecular formula is C18H14BrNO3. The maximum absolute atomic E-state index is 11.9. The molecule has 2 rings (SSSR count). The Morgan fingerprint density at radius 1 is 1.17 bits per heavy atom. The summed E-state index contributed by atoms with van der Waals surface area (Å²) in [5.74, 6) is -1.52. The zero-order valence-corrected chi connectivity index (χ0v) is 13.7. The normalized spacial score (nSPS) is 11.6. The van der Waals surface area contributed by atoms with Crippen LogP contribution in [0.2, 0.25) is 0 Å². The minimum Gasteiger partial charge on any atom is -0.478 e. The third-order valence-corrected chi connectivity index (χ3v) is 3.54. The van der Waals surface area contributed by atoms with E-state index in [0.717, 1.165) is 10.4 Å². The van der Waals surface area contributed by atoms with Gasteiger partial charge in [0.1, 0.15) is 0 Å². The van der Waals surface area contributed by atoms with Crippen LogP contribution in [0.15, 0.2) is 59.1 Å². The van der Waals surface area contributed by atoms with E-state index >= 15 is 0 Å². The molecule has 1 amide bonds. The van der Waals surface area contributed by atoms with Crippen molar-refractivity contribution in [3.8, 4) is 0 Å². The number of carboxylic acid groups (broad SMARTS) is 1. The number of carbonyl (C=O) groups is 2. The number of hydrogen-bond acceptors (Lipinski definition) is 2. The Balaban J connectivity index is 2.16. The second-order valence-corrected chi connectivity index (χ2v) is 5.62. The van der Waals surface area contributed by atoms with Gasteiger partial charge in [0.15, 0.2) is 0 Å². The van der Waals surface area contributed by atoms with Crippen molar-refractivity contribution in [2.24, 2.45) is 0 Å². The molecule has 0 saturated carbocycles. The van der Waals surface area contributed by atoms with Crippen LogP contribution < -0.4 is 15.8 Å². The van der Waals surface area contributed by atoms with E-state index in [1.165, 1.54) is 18.2 Å². The molecule has 116 valence electrons. The maximum atomic E-state index is 11.9. The van der Waals surface area contributed by atoms with Crippen molar-refractivity contribution in [2.75, 3.05) is 5.32 Å². The highest BCUT2D eigenvalue weighted by atomic mass is 79.9. The number of aromatic carboxylic acids is 1. The molecule has 0 saturated heterocycles. The fourth-order valence-electron chi connectivity index (χ4n) is 1.91. The molecule has 0 aliphatic rings. The first-order valence-electron chi connectivity index (χ1n) is 6.73. The number of anilines is 1. The topological polar surface area (TPSA) is 66.4 Å². The second kappa shape index (κ2) is 7.56. The highest BCUT2D eigenvalue weighted by Gasteiger charge is 2.11. The number of carbonyl (C=O) groups excluding carboxylic acids is 1. The Morgan fingerprint density at radius 2 is 1.91 bits per heavy atom. The number of rotatable bonds is 4. The molecule has 23 heavy (non-hydrogen) atoms. The SMILES string of the molecule is C=c1cccc/c1=C/C=C/C(=O)Nc1ccc(Br)cc1C(=O)O. The summed E-state index contributed by atoms with van der Waals surface area (Å²) in [4.78, 5) is 23.1. The molecule has 0 bridgehead atoms. The van der Waals surface area contributed by atoms with Crippen LogP contribution in [0.1, 0.15) is 10.4 Å². The number of benzene rings is 2. The summed E-state index contributed by atoms with van der Waals surface area (Å²) in [6, 6.07) is 12.2. The first-order valence-corrected chi connectivity index (χ1v) is 7.53. The maximum Gasteiger partial charge on any atom is 0.337 e. The van der Waals surface area contributed by atoms with Crippen LogP contribution in [0.3, 0.4) is 0 Å². The van der Waals surface area contributed by atoms with Crippen molar-refractivity contribution >= 4 is 46.1 Å². The summed E-state index contributed by atoms with van der Waals surface area (Å²) in [6.07, 6.45) is 4.69. The minimum atomic E-state index is -1.11. The van der Waals surface area contributed by atoms with Crippen molar-refractivity contribution in [3.63, 3.8) is 0 Å². The lowest BCUT2D eigenvalue weighted by Crippen LogP contribution is -2.21. The fourth-order valence-corrected chi connectivity index (χ4v) is 2.27. The van der Waals surface area contributed by atoms with Crippen molar-refractivity contribution < 1.29 is 14.7 Å². The Morgan fingerprint density at radius 3 is 2.61 bits per heavy atom. The first kappa shape index (κ1) is 16.7. The summed E-state index contributed by atoms with van der Waals surface area (Å²) in [5, 5.41) is 13.5. The molecule has 0 aliphatic heterocycles. The van der Waals surface area contributed by atoms with E-state index in [1.54, 1.807) is 18.2 Å². The molecule has 2 aromatic carbocycles. The average Bonchev–Trinajstić information content (AvgIpc) is 2.51. The van der Waals surface area contributed by atoms with Crippen LogP contribution in [-0.2, 0) is 4.79 Å². The number of allylic oxidation sites excluding steroid dienone is 1. The fraction of sp³-hybridized carbons (Fsp3) is 0. The number of nitrogens with one attached hydrogen (secondary N) is 1. The number of carboxylic acids is 1. The standard InChI is InChI=1S/C18H14BrNO3/c1-12-5-2-3-6-13(12)7-4-8-17(21)20-16-10-9-14(19)11-15(16)18(22)23/h2-11H,1H2,(H,20,21)(H,22,23)/b8-4+,13-7-. The van der Waals surface area contributed by atoms with Gasteiger partial charge in [-0.25, -0.2) is 4.79 Å². The van der Waals surface area contributed by atoms with Crippen molar-refractivity contribution in [1.82, 2.24) is 0 Å². The minimum absolute atomic E-state index is 0.0215. The molecule has 0 heterocycles. The first-order chi connectivity index (χ1) is 11.0. The van der Waals surface area contributed by atoms with E-state index in [0.29, 0.717) is 4.47 Å². The summed E-state index contributed by atoms with van der Waals surface area (Å²) in [5.41, 5.74) is 0.265. The number of amides is 1. The van der Waals surface area contributed by atoms with Crippen molar-refractivity contribution in [2.45, 2.75) is 0 Å². The largest absolute Gasteiger partial charge is 0.478 e. The number of hydrogen-bond donors (Lipinski definition) is 2. The average molecular weight is 372 g/mol. The molecule has 0 atom stereocenters. The van der Waals surface area contributed by atoms with Gasteiger partial charge in [0.05, 0.1) is 11.3 Å². The monoisotopic (exact) mass is 371 g/mol. The van der Waals surface area contributed by atoms with Gasteiger partial charge in [-0.3, -0.25) is 4.79 Å². The molecular weight excluding hydrogens is 358 g/mol. The van der Waals surface area contributed by atoms with Crippen LogP contribution in [-0.4, -0.2) is 17.0 Å². The Kier molecular flexibility index (Phi) is 5.49. The van der Waals surface area contributed by atoms with Crippen LogP contribution in [0.25, 0.3) is 12.7 Å². The van der Waals surface area contributed by atoms with Crippen LogP contribution >= 0.6 is 15.9 Å². The van der Waals surface area contributed by atoms with E-state index in [2.05, 4.69) is 27.8 Å². The zero-order valence-electron chi connectivity index (χ0n) is 12.1. The van der Waals surface area contributed by atoms with Crippen molar-refractivity contribution in [3.05, 3.63) is 75.1 Å². The Bertz CT molecular complexity index is 887.